The molecule has 0 aliphatic heterocycles. The van der Waals surface area contributed by atoms with E-state index >= 15 is 0 Å². The summed E-state index contributed by atoms with van der Waals surface area (Å²) >= 11 is 0. The lowest BCUT2D eigenvalue weighted by atomic mass is 9.88. The van der Waals surface area contributed by atoms with E-state index < -0.39 is 5.92 Å². The van der Waals surface area contributed by atoms with Crippen molar-refractivity contribution >= 4 is 23.0 Å². The molecule has 27 heavy (non-hydrogen) atoms. The summed E-state index contributed by atoms with van der Waals surface area (Å²) in [6.45, 7) is 8.96. The number of Topliss-reactive ketones (excluding diaryl/α,β-unsaturated/α-hetero) is 3. The number of carbonyl (C=O) groups is 3. The summed E-state index contributed by atoms with van der Waals surface area (Å²) in [5, 5.41) is 0. The van der Waals surface area contributed by atoms with E-state index in [4.69, 9.17) is 4.74 Å². The Labute approximate surface area is 164 Å². The molecule has 5 heteroatoms. The van der Waals surface area contributed by atoms with Gasteiger partial charge in [0.2, 0.25) is 0 Å². The zero-order valence-electron chi connectivity index (χ0n) is 18.1. The summed E-state index contributed by atoms with van der Waals surface area (Å²) in [5.74, 6) is 0.181. The lowest BCUT2D eigenvalue weighted by Crippen LogP contribution is -2.19. The van der Waals surface area contributed by atoms with E-state index in [0.29, 0.717) is 30.6 Å². The Kier molecular flexibility index (Phi) is 11.3. The Morgan fingerprint density at radius 2 is 1.70 bits per heavy atom. The summed E-state index contributed by atoms with van der Waals surface area (Å²) in [6.07, 6.45) is 1.52. The van der Waals surface area contributed by atoms with Gasteiger partial charge in [0, 0.05) is 44.0 Å². The fourth-order valence-electron chi connectivity index (χ4n) is 2.97. The van der Waals surface area contributed by atoms with Crippen LogP contribution in [-0.2, 0) is 16.0 Å². The van der Waals surface area contributed by atoms with Gasteiger partial charge in [-0.05, 0) is 38.8 Å². The highest BCUT2D eigenvalue weighted by Crippen LogP contribution is 2.34. The molecule has 0 saturated heterocycles. The first kappa shape index (κ1) is 24.8. The predicted molar refractivity (Wildman–Crippen MR) is 111 cm³/mol. The van der Waals surface area contributed by atoms with Crippen LogP contribution in [0.5, 0.6) is 5.75 Å². The van der Waals surface area contributed by atoms with Gasteiger partial charge < -0.3 is 14.4 Å². The van der Waals surface area contributed by atoms with Crippen molar-refractivity contribution in [2.75, 3.05) is 26.1 Å². The average molecular weight is 378 g/mol. The standard InChI is InChI=1S/C20H29NO4.C2H6/c1-7-16-17(10-11-18(21(4)5)20(16)25-6)19(24)12-15(14(3)23)9-8-13(2)22;1-2/h10-11,15H,7-9,12H2,1-6H3;1-2H3. The van der Waals surface area contributed by atoms with Gasteiger partial charge in [-0.25, -0.2) is 0 Å². The Morgan fingerprint density at radius 3 is 2.11 bits per heavy atom. The highest BCUT2D eigenvalue weighted by atomic mass is 16.5. The molecular weight excluding hydrogens is 342 g/mol. The van der Waals surface area contributed by atoms with Gasteiger partial charge in [0.1, 0.15) is 17.3 Å². The number of methoxy groups -OCH3 is 1. The van der Waals surface area contributed by atoms with Crippen molar-refractivity contribution in [3.8, 4) is 5.75 Å². The second-order valence-electron chi connectivity index (χ2n) is 6.57. The van der Waals surface area contributed by atoms with Crippen molar-refractivity contribution in [3.05, 3.63) is 23.3 Å². The first-order chi connectivity index (χ1) is 12.7. The highest BCUT2D eigenvalue weighted by molar-refractivity contribution is 6.01. The normalized spacial score (nSPS) is 11.1. The largest absolute Gasteiger partial charge is 0.494 e. The second-order valence-corrected chi connectivity index (χ2v) is 6.57. The van der Waals surface area contributed by atoms with Crippen molar-refractivity contribution in [1.82, 2.24) is 0 Å². The number of ketones is 3. The van der Waals surface area contributed by atoms with Crippen molar-refractivity contribution in [2.45, 2.75) is 60.3 Å². The Bertz CT molecular complexity index is 650. The molecule has 0 aliphatic carbocycles. The summed E-state index contributed by atoms with van der Waals surface area (Å²) in [6, 6.07) is 3.67. The third-order valence-electron chi connectivity index (χ3n) is 4.43. The monoisotopic (exact) mass is 377 g/mol. The molecule has 0 amide bonds. The predicted octanol–water partition coefficient (Wildman–Crippen LogP) is 4.50. The number of anilines is 1. The molecule has 0 aromatic heterocycles. The van der Waals surface area contributed by atoms with Gasteiger partial charge in [-0.15, -0.1) is 0 Å². The molecule has 5 nitrogen and oxygen atoms in total. The summed E-state index contributed by atoms with van der Waals surface area (Å²) < 4.78 is 5.55. The Hall–Kier alpha value is -2.17. The maximum absolute atomic E-state index is 12.8. The van der Waals surface area contributed by atoms with Crippen LogP contribution in [0.25, 0.3) is 0 Å². The number of ether oxygens (including phenoxy) is 1. The van der Waals surface area contributed by atoms with Crippen LogP contribution in [0.4, 0.5) is 5.69 Å². The van der Waals surface area contributed by atoms with Gasteiger partial charge in [-0.1, -0.05) is 20.8 Å². The first-order valence-electron chi connectivity index (χ1n) is 9.63. The van der Waals surface area contributed by atoms with Crippen LogP contribution in [-0.4, -0.2) is 38.6 Å². The highest BCUT2D eigenvalue weighted by Gasteiger charge is 2.23. The Morgan fingerprint density at radius 1 is 1.11 bits per heavy atom. The van der Waals surface area contributed by atoms with E-state index in [1.807, 2.05) is 45.8 Å². The molecule has 1 rings (SSSR count). The van der Waals surface area contributed by atoms with Gasteiger partial charge in [-0.3, -0.25) is 9.59 Å². The van der Waals surface area contributed by atoms with Gasteiger partial charge in [-0.2, -0.15) is 0 Å². The molecule has 0 heterocycles. The molecule has 0 saturated carbocycles. The second kappa shape index (κ2) is 12.3. The van der Waals surface area contributed by atoms with Crippen molar-refractivity contribution < 1.29 is 19.1 Å². The molecule has 0 radical (unpaired) electrons. The fourth-order valence-corrected chi connectivity index (χ4v) is 2.97. The molecule has 0 spiro atoms. The molecule has 1 unspecified atom stereocenters. The van der Waals surface area contributed by atoms with Crippen LogP contribution in [0.3, 0.4) is 0 Å². The third kappa shape index (κ3) is 7.16. The van der Waals surface area contributed by atoms with Gasteiger partial charge >= 0.3 is 0 Å². The van der Waals surface area contributed by atoms with Crippen LogP contribution in [0.15, 0.2) is 12.1 Å². The first-order valence-corrected chi connectivity index (χ1v) is 9.63. The number of carbonyl (C=O) groups excluding carboxylic acids is 3. The number of benzene rings is 1. The Balaban J connectivity index is 0.00000326. The molecule has 1 atom stereocenters. The zero-order chi connectivity index (χ0) is 21.1. The molecule has 0 N–H and O–H groups in total. The minimum absolute atomic E-state index is 0.0324. The summed E-state index contributed by atoms with van der Waals surface area (Å²) in [7, 11) is 5.44. The SMILES string of the molecule is CC.CCc1c(C(=O)CC(CCC(C)=O)C(C)=O)ccc(N(C)C)c1OC. The fraction of sp³-hybridized carbons (Fsp3) is 0.591. The van der Waals surface area contributed by atoms with Gasteiger partial charge in [0.05, 0.1) is 12.8 Å². The average Bonchev–Trinajstić information content (AvgIpc) is 2.64. The van der Waals surface area contributed by atoms with Gasteiger partial charge in [0.25, 0.3) is 0 Å². The van der Waals surface area contributed by atoms with Crippen LogP contribution >= 0.6 is 0 Å². The number of hydrogen-bond acceptors (Lipinski definition) is 5. The van der Waals surface area contributed by atoms with E-state index in [2.05, 4.69) is 0 Å². The minimum Gasteiger partial charge on any atom is -0.494 e. The van der Waals surface area contributed by atoms with E-state index in [-0.39, 0.29) is 23.8 Å². The van der Waals surface area contributed by atoms with Crippen LogP contribution in [0.2, 0.25) is 0 Å². The summed E-state index contributed by atoms with van der Waals surface area (Å²) in [4.78, 5) is 37.8. The smallest absolute Gasteiger partial charge is 0.164 e. The van der Waals surface area contributed by atoms with Crippen LogP contribution in [0, 0.1) is 5.92 Å². The third-order valence-corrected chi connectivity index (χ3v) is 4.43. The van der Waals surface area contributed by atoms with Crippen LogP contribution in [0.1, 0.15) is 69.8 Å². The molecule has 0 aliphatic rings. The minimum atomic E-state index is -0.416. The molecule has 1 aromatic rings. The van der Waals surface area contributed by atoms with Crippen molar-refractivity contribution in [1.29, 1.82) is 0 Å². The molecule has 152 valence electrons. The number of rotatable bonds is 10. The van der Waals surface area contributed by atoms with E-state index in [1.54, 1.807) is 13.2 Å². The topological polar surface area (TPSA) is 63.7 Å². The zero-order valence-corrected chi connectivity index (χ0v) is 18.1. The van der Waals surface area contributed by atoms with E-state index in [1.165, 1.54) is 13.8 Å². The lowest BCUT2D eigenvalue weighted by molar-refractivity contribution is -0.121. The number of hydrogen-bond donors (Lipinski definition) is 0. The maximum Gasteiger partial charge on any atom is 0.164 e. The van der Waals surface area contributed by atoms with Crippen molar-refractivity contribution in [3.63, 3.8) is 0 Å². The maximum atomic E-state index is 12.8. The molecule has 0 fully saturated rings. The van der Waals surface area contributed by atoms with Gasteiger partial charge in [0.15, 0.2) is 5.78 Å². The quantitative estimate of drug-likeness (QED) is 0.562. The molecule has 1 aromatic carbocycles. The molecular formula is C22H35NO4. The number of nitrogens with zero attached hydrogens (tertiary/aromatic N) is 1. The van der Waals surface area contributed by atoms with Crippen molar-refractivity contribution in [2.24, 2.45) is 5.92 Å². The van der Waals surface area contributed by atoms with Crippen LogP contribution < -0.4 is 9.64 Å². The lowest BCUT2D eigenvalue weighted by Gasteiger charge is -2.21. The summed E-state index contributed by atoms with van der Waals surface area (Å²) in [5.41, 5.74) is 2.36. The molecule has 0 bridgehead atoms. The van der Waals surface area contributed by atoms with E-state index in [9.17, 15) is 14.4 Å². The van der Waals surface area contributed by atoms with E-state index in [0.717, 1.165) is 11.3 Å².